The molecule has 3 N–H and O–H groups in total. The molecular formula is C12H21N3S. The first-order chi connectivity index (χ1) is 7.75. The number of hydrogen-bond acceptors (Lipinski definition) is 4. The Kier molecular flexibility index (Phi) is 4.32. The fraction of sp³-hybridized carbons (Fsp3) is 0.750. The molecule has 16 heavy (non-hydrogen) atoms. The molecule has 1 aliphatic carbocycles. The second-order valence-corrected chi connectivity index (χ2v) is 5.72. The minimum absolute atomic E-state index is 0.436. The monoisotopic (exact) mass is 239 g/mol. The number of hydrogen-bond donors (Lipinski definition) is 2. The van der Waals surface area contributed by atoms with Gasteiger partial charge in [0.2, 0.25) is 0 Å². The molecule has 1 fully saturated rings. The Morgan fingerprint density at radius 3 is 3.12 bits per heavy atom. The Hall–Kier alpha value is -0.450. The van der Waals surface area contributed by atoms with Crippen molar-refractivity contribution < 1.29 is 0 Å². The van der Waals surface area contributed by atoms with Crippen molar-refractivity contribution in [1.29, 1.82) is 0 Å². The van der Waals surface area contributed by atoms with E-state index < -0.39 is 0 Å². The standard InChI is InChI=1S/C12H21N3S/c1-9-12(16-8-15-9)7-14-6-10-3-2-4-11(13)5-10/h8,10-11,14H,2-7,13H2,1H3. The first kappa shape index (κ1) is 12.0. The van der Waals surface area contributed by atoms with Gasteiger partial charge < -0.3 is 11.1 Å². The zero-order chi connectivity index (χ0) is 11.4. The summed E-state index contributed by atoms with van der Waals surface area (Å²) in [6.07, 6.45) is 5.04. The summed E-state index contributed by atoms with van der Waals surface area (Å²) in [5, 5.41) is 3.53. The summed E-state index contributed by atoms with van der Waals surface area (Å²) in [5.41, 5.74) is 9.06. The minimum atomic E-state index is 0.436. The van der Waals surface area contributed by atoms with Crippen molar-refractivity contribution >= 4 is 11.3 Å². The molecule has 1 saturated carbocycles. The molecule has 0 aromatic carbocycles. The highest BCUT2D eigenvalue weighted by Crippen LogP contribution is 2.22. The van der Waals surface area contributed by atoms with Crippen LogP contribution in [0.25, 0.3) is 0 Å². The van der Waals surface area contributed by atoms with Gasteiger partial charge in [0, 0.05) is 17.5 Å². The molecule has 1 aromatic heterocycles. The lowest BCUT2D eigenvalue weighted by Crippen LogP contribution is -2.33. The van der Waals surface area contributed by atoms with Gasteiger partial charge in [-0.15, -0.1) is 11.3 Å². The number of nitrogens with two attached hydrogens (primary N) is 1. The van der Waals surface area contributed by atoms with Gasteiger partial charge in [0.15, 0.2) is 0 Å². The van der Waals surface area contributed by atoms with Crippen LogP contribution in [0.15, 0.2) is 5.51 Å². The van der Waals surface area contributed by atoms with E-state index in [-0.39, 0.29) is 0 Å². The van der Waals surface area contributed by atoms with Crippen LogP contribution in [0.4, 0.5) is 0 Å². The molecule has 0 saturated heterocycles. The summed E-state index contributed by atoms with van der Waals surface area (Å²) in [4.78, 5) is 5.61. The smallest absolute Gasteiger partial charge is 0.0798 e. The van der Waals surface area contributed by atoms with Gasteiger partial charge in [0.05, 0.1) is 11.2 Å². The summed E-state index contributed by atoms with van der Waals surface area (Å²) in [6, 6.07) is 0.436. The van der Waals surface area contributed by atoms with Gasteiger partial charge in [-0.05, 0) is 38.6 Å². The second kappa shape index (κ2) is 5.75. The number of rotatable bonds is 4. The third-order valence-corrected chi connectivity index (χ3v) is 4.32. The van der Waals surface area contributed by atoms with Crippen molar-refractivity contribution in [1.82, 2.24) is 10.3 Å². The molecule has 2 rings (SSSR count). The zero-order valence-corrected chi connectivity index (χ0v) is 10.7. The van der Waals surface area contributed by atoms with E-state index in [9.17, 15) is 0 Å². The van der Waals surface area contributed by atoms with Crippen LogP contribution in [-0.4, -0.2) is 17.6 Å². The van der Waals surface area contributed by atoms with Crippen LogP contribution in [0.1, 0.15) is 36.3 Å². The summed E-state index contributed by atoms with van der Waals surface area (Å²) in [5.74, 6) is 0.775. The highest BCUT2D eigenvalue weighted by molar-refractivity contribution is 7.09. The van der Waals surface area contributed by atoms with E-state index in [4.69, 9.17) is 5.73 Å². The molecule has 0 aliphatic heterocycles. The fourth-order valence-corrected chi connectivity index (χ4v) is 3.15. The quantitative estimate of drug-likeness (QED) is 0.845. The average molecular weight is 239 g/mol. The molecule has 0 bridgehead atoms. The van der Waals surface area contributed by atoms with Crippen LogP contribution < -0.4 is 11.1 Å². The second-order valence-electron chi connectivity index (χ2n) is 4.78. The van der Waals surface area contributed by atoms with E-state index in [0.29, 0.717) is 6.04 Å². The van der Waals surface area contributed by atoms with Crippen LogP contribution in [-0.2, 0) is 6.54 Å². The van der Waals surface area contributed by atoms with E-state index in [0.717, 1.165) is 24.7 Å². The maximum absolute atomic E-state index is 5.98. The summed E-state index contributed by atoms with van der Waals surface area (Å²) in [7, 11) is 0. The van der Waals surface area contributed by atoms with E-state index >= 15 is 0 Å². The first-order valence-electron chi connectivity index (χ1n) is 6.11. The van der Waals surface area contributed by atoms with Gasteiger partial charge in [0.25, 0.3) is 0 Å². The SMILES string of the molecule is Cc1ncsc1CNCC1CCCC(N)C1. The molecule has 1 aliphatic rings. The van der Waals surface area contributed by atoms with Crippen molar-refractivity contribution in [2.75, 3.05) is 6.54 Å². The topological polar surface area (TPSA) is 50.9 Å². The molecule has 2 atom stereocenters. The van der Waals surface area contributed by atoms with Gasteiger partial charge in [-0.1, -0.05) is 6.42 Å². The Labute approximate surface area is 101 Å². The summed E-state index contributed by atoms with van der Waals surface area (Å²) >= 11 is 1.74. The fourth-order valence-electron chi connectivity index (χ4n) is 2.40. The maximum Gasteiger partial charge on any atom is 0.0798 e. The third-order valence-electron chi connectivity index (χ3n) is 3.39. The number of aryl methyl sites for hydroxylation is 1. The van der Waals surface area contributed by atoms with Crippen LogP contribution in [0, 0.1) is 12.8 Å². The zero-order valence-electron chi connectivity index (χ0n) is 9.91. The molecule has 0 amide bonds. The van der Waals surface area contributed by atoms with Crippen molar-refractivity contribution in [3.05, 3.63) is 16.1 Å². The van der Waals surface area contributed by atoms with Crippen LogP contribution in [0.3, 0.4) is 0 Å². The number of thiazole rings is 1. The van der Waals surface area contributed by atoms with Crippen LogP contribution in [0.2, 0.25) is 0 Å². The predicted molar refractivity (Wildman–Crippen MR) is 68.5 cm³/mol. The van der Waals surface area contributed by atoms with Gasteiger partial charge in [-0.25, -0.2) is 4.98 Å². The first-order valence-corrected chi connectivity index (χ1v) is 6.99. The number of nitrogens with one attached hydrogen (secondary N) is 1. The van der Waals surface area contributed by atoms with E-state index in [2.05, 4.69) is 17.2 Å². The molecule has 1 aromatic rings. The highest BCUT2D eigenvalue weighted by Gasteiger charge is 2.18. The minimum Gasteiger partial charge on any atom is -0.328 e. The molecule has 1 heterocycles. The van der Waals surface area contributed by atoms with Crippen molar-refractivity contribution in [2.24, 2.45) is 11.7 Å². The van der Waals surface area contributed by atoms with Crippen molar-refractivity contribution in [2.45, 2.75) is 45.2 Å². The molecule has 0 radical (unpaired) electrons. The Morgan fingerprint density at radius 2 is 2.44 bits per heavy atom. The molecule has 2 unspecified atom stereocenters. The molecule has 0 spiro atoms. The lowest BCUT2D eigenvalue weighted by Gasteiger charge is -2.26. The number of aromatic nitrogens is 1. The lowest BCUT2D eigenvalue weighted by atomic mass is 9.86. The molecule has 90 valence electrons. The lowest BCUT2D eigenvalue weighted by molar-refractivity contribution is 0.310. The normalized spacial score (nSPS) is 25.9. The van der Waals surface area contributed by atoms with E-state index in [1.807, 2.05) is 5.51 Å². The van der Waals surface area contributed by atoms with Gasteiger partial charge in [0.1, 0.15) is 0 Å². The number of nitrogens with zero attached hydrogens (tertiary/aromatic N) is 1. The summed E-state index contributed by atoms with van der Waals surface area (Å²) < 4.78 is 0. The van der Waals surface area contributed by atoms with Gasteiger partial charge >= 0.3 is 0 Å². The third kappa shape index (κ3) is 3.27. The Bertz CT molecular complexity index is 324. The Morgan fingerprint density at radius 1 is 1.56 bits per heavy atom. The molecule has 4 heteroatoms. The van der Waals surface area contributed by atoms with Crippen molar-refractivity contribution in [3.8, 4) is 0 Å². The molecule has 3 nitrogen and oxygen atoms in total. The van der Waals surface area contributed by atoms with E-state index in [1.165, 1.54) is 30.6 Å². The van der Waals surface area contributed by atoms with Gasteiger partial charge in [-0.2, -0.15) is 0 Å². The largest absolute Gasteiger partial charge is 0.328 e. The highest BCUT2D eigenvalue weighted by atomic mass is 32.1. The predicted octanol–water partition coefficient (Wildman–Crippen LogP) is 2.06. The summed E-state index contributed by atoms with van der Waals surface area (Å²) in [6.45, 7) is 4.14. The van der Waals surface area contributed by atoms with Crippen LogP contribution in [0.5, 0.6) is 0 Å². The average Bonchev–Trinajstić information content (AvgIpc) is 2.65. The Balaban J connectivity index is 1.70. The van der Waals surface area contributed by atoms with Gasteiger partial charge in [-0.3, -0.25) is 0 Å². The molecular weight excluding hydrogens is 218 g/mol. The maximum atomic E-state index is 5.98. The van der Waals surface area contributed by atoms with Crippen LogP contribution >= 0.6 is 11.3 Å². The van der Waals surface area contributed by atoms with Crippen molar-refractivity contribution in [3.63, 3.8) is 0 Å². The van der Waals surface area contributed by atoms with E-state index in [1.54, 1.807) is 11.3 Å².